The SMILES string of the molecule is Fc1cccc(CNc2ccc(OC(F)(F)F)cc2)c1F. The van der Waals surface area contributed by atoms with E-state index >= 15 is 0 Å². The molecule has 112 valence electrons. The molecular formula is C14H10F5NO. The fourth-order valence-corrected chi connectivity index (χ4v) is 1.66. The molecule has 2 aromatic rings. The highest BCUT2D eigenvalue weighted by atomic mass is 19.4. The van der Waals surface area contributed by atoms with Gasteiger partial charge in [0.1, 0.15) is 5.75 Å². The van der Waals surface area contributed by atoms with E-state index in [0.29, 0.717) is 5.69 Å². The number of nitrogens with one attached hydrogen (secondary N) is 1. The molecule has 0 bridgehead atoms. The molecule has 0 aliphatic rings. The number of ether oxygens (including phenoxy) is 1. The lowest BCUT2D eigenvalue weighted by Crippen LogP contribution is -2.17. The summed E-state index contributed by atoms with van der Waals surface area (Å²) in [5, 5.41) is 2.78. The van der Waals surface area contributed by atoms with E-state index in [9.17, 15) is 22.0 Å². The maximum absolute atomic E-state index is 13.4. The van der Waals surface area contributed by atoms with E-state index in [0.717, 1.165) is 18.2 Å². The number of halogens is 5. The lowest BCUT2D eigenvalue weighted by Gasteiger charge is -2.11. The molecule has 0 spiro atoms. The molecule has 0 saturated heterocycles. The summed E-state index contributed by atoms with van der Waals surface area (Å²) in [5.74, 6) is -2.27. The highest BCUT2D eigenvalue weighted by Gasteiger charge is 2.30. The summed E-state index contributed by atoms with van der Waals surface area (Å²) in [4.78, 5) is 0. The van der Waals surface area contributed by atoms with Crippen LogP contribution in [0.2, 0.25) is 0 Å². The monoisotopic (exact) mass is 303 g/mol. The third kappa shape index (κ3) is 4.34. The zero-order valence-corrected chi connectivity index (χ0v) is 10.5. The highest BCUT2D eigenvalue weighted by molar-refractivity contribution is 5.46. The van der Waals surface area contributed by atoms with Gasteiger partial charge in [0.25, 0.3) is 0 Å². The smallest absolute Gasteiger partial charge is 0.406 e. The Balaban J connectivity index is 1.99. The van der Waals surface area contributed by atoms with E-state index < -0.39 is 18.0 Å². The molecule has 0 radical (unpaired) electrons. The largest absolute Gasteiger partial charge is 0.573 e. The summed E-state index contributed by atoms with van der Waals surface area (Å²) in [6, 6.07) is 8.72. The van der Waals surface area contributed by atoms with Crippen molar-refractivity contribution in [3.8, 4) is 5.75 Å². The van der Waals surface area contributed by atoms with E-state index in [1.54, 1.807) is 0 Å². The van der Waals surface area contributed by atoms with Gasteiger partial charge in [-0.3, -0.25) is 0 Å². The first-order valence-electron chi connectivity index (χ1n) is 5.88. The van der Waals surface area contributed by atoms with Crippen LogP contribution in [0, 0.1) is 11.6 Å². The van der Waals surface area contributed by atoms with Crippen molar-refractivity contribution in [1.82, 2.24) is 0 Å². The van der Waals surface area contributed by atoms with Crippen LogP contribution in [-0.2, 0) is 6.54 Å². The maximum Gasteiger partial charge on any atom is 0.573 e. The predicted molar refractivity (Wildman–Crippen MR) is 66.8 cm³/mol. The average molecular weight is 303 g/mol. The van der Waals surface area contributed by atoms with Gasteiger partial charge in [-0.15, -0.1) is 13.2 Å². The predicted octanol–water partition coefficient (Wildman–Crippen LogP) is 4.48. The van der Waals surface area contributed by atoms with Gasteiger partial charge in [0.15, 0.2) is 11.6 Å². The third-order valence-corrected chi connectivity index (χ3v) is 2.60. The number of hydrogen-bond acceptors (Lipinski definition) is 2. The molecule has 7 heteroatoms. The molecule has 2 nitrogen and oxygen atoms in total. The van der Waals surface area contributed by atoms with E-state index in [-0.39, 0.29) is 17.9 Å². The lowest BCUT2D eigenvalue weighted by molar-refractivity contribution is -0.274. The molecule has 0 aliphatic heterocycles. The van der Waals surface area contributed by atoms with Crippen LogP contribution in [0.1, 0.15) is 5.56 Å². The van der Waals surface area contributed by atoms with Gasteiger partial charge in [-0.05, 0) is 30.3 Å². The maximum atomic E-state index is 13.4. The van der Waals surface area contributed by atoms with Gasteiger partial charge in [-0.25, -0.2) is 8.78 Å². The van der Waals surface area contributed by atoms with Crippen LogP contribution in [0.15, 0.2) is 42.5 Å². The van der Waals surface area contributed by atoms with Crippen molar-refractivity contribution in [2.45, 2.75) is 12.9 Å². The molecule has 0 aliphatic carbocycles. The van der Waals surface area contributed by atoms with Crippen molar-refractivity contribution >= 4 is 5.69 Å². The van der Waals surface area contributed by atoms with Crippen LogP contribution < -0.4 is 10.1 Å². The summed E-state index contributed by atoms with van der Waals surface area (Å²) in [7, 11) is 0. The van der Waals surface area contributed by atoms with Crippen molar-refractivity contribution < 1.29 is 26.7 Å². The molecule has 0 fully saturated rings. The van der Waals surface area contributed by atoms with Gasteiger partial charge in [-0.2, -0.15) is 0 Å². The van der Waals surface area contributed by atoms with Gasteiger partial charge < -0.3 is 10.1 Å². The molecule has 0 heterocycles. The second-order valence-corrected chi connectivity index (χ2v) is 4.14. The van der Waals surface area contributed by atoms with Crippen molar-refractivity contribution in [2.24, 2.45) is 0 Å². The molecule has 0 amide bonds. The summed E-state index contributed by atoms with van der Waals surface area (Å²) in [5.41, 5.74) is 0.568. The Hall–Kier alpha value is -2.31. The first kappa shape index (κ1) is 15.1. The number of anilines is 1. The van der Waals surface area contributed by atoms with Crippen molar-refractivity contribution in [1.29, 1.82) is 0 Å². The lowest BCUT2D eigenvalue weighted by atomic mass is 10.2. The molecule has 2 aromatic carbocycles. The Bertz CT molecular complexity index is 610. The van der Waals surface area contributed by atoms with Gasteiger partial charge in [-0.1, -0.05) is 12.1 Å². The molecule has 0 saturated carbocycles. The Morgan fingerprint density at radius 3 is 2.24 bits per heavy atom. The minimum absolute atomic E-state index is 0.00304. The normalized spacial score (nSPS) is 11.3. The summed E-state index contributed by atoms with van der Waals surface area (Å²) < 4.78 is 66.0. The summed E-state index contributed by atoms with van der Waals surface area (Å²) in [6.45, 7) is 0.00304. The molecule has 0 atom stereocenters. The van der Waals surface area contributed by atoms with E-state index in [2.05, 4.69) is 10.1 Å². The zero-order chi connectivity index (χ0) is 15.5. The van der Waals surface area contributed by atoms with Gasteiger partial charge in [0, 0.05) is 17.8 Å². The standard InChI is InChI=1S/C14H10F5NO/c15-12-3-1-2-9(13(12)16)8-20-10-4-6-11(7-5-10)21-14(17,18)19/h1-7,20H,8H2. The Labute approximate surface area is 117 Å². The van der Waals surface area contributed by atoms with Crippen LogP contribution in [0.25, 0.3) is 0 Å². The molecular weight excluding hydrogens is 293 g/mol. The molecule has 0 unspecified atom stereocenters. The number of hydrogen-bond donors (Lipinski definition) is 1. The fourth-order valence-electron chi connectivity index (χ4n) is 1.66. The summed E-state index contributed by atoms with van der Waals surface area (Å²) in [6.07, 6.45) is -4.75. The molecule has 21 heavy (non-hydrogen) atoms. The number of alkyl halides is 3. The van der Waals surface area contributed by atoms with Crippen molar-refractivity contribution in [3.63, 3.8) is 0 Å². The van der Waals surface area contributed by atoms with E-state index in [1.165, 1.54) is 24.3 Å². The van der Waals surface area contributed by atoms with Gasteiger partial charge in [0.2, 0.25) is 0 Å². The Morgan fingerprint density at radius 2 is 1.62 bits per heavy atom. The number of benzene rings is 2. The summed E-state index contributed by atoms with van der Waals surface area (Å²) >= 11 is 0. The fraction of sp³-hybridized carbons (Fsp3) is 0.143. The van der Waals surface area contributed by atoms with E-state index in [1.807, 2.05) is 0 Å². The van der Waals surface area contributed by atoms with Crippen LogP contribution >= 0.6 is 0 Å². The second kappa shape index (κ2) is 5.99. The minimum Gasteiger partial charge on any atom is -0.406 e. The average Bonchev–Trinajstić information content (AvgIpc) is 2.40. The van der Waals surface area contributed by atoms with Crippen LogP contribution in [0.5, 0.6) is 5.75 Å². The van der Waals surface area contributed by atoms with E-state index in [4.69, 9.17) is 0 Å². The highest BCUT2D eigenvalue weighted by Crippen LogP contribution is 2.24. The quantitative estimate of drug-likeness (QED) is 0.841. The second-order valence-electron chi connectivity index (χ2n) is 4.14. The van der Waals surface area contributed by atoms with Crippen LogP contribution in [0.4, 0.5) is 27.6 Å². The molecule has 1 N–H and O–H groups in total. The third-order valence-electron chi connectivity index (χ3n) is 2.60. The Kier molecular flexibility index (Phi) is 4.30. The van der Waals surface area contributed by atoms with Crippen LogP contribution in [-0.4, -0.2) is 6.36 Å². The first-order valence-corrected chi connectivity index (χ1v) is 5.88. The zero-order valence-electron chi connectivity index (χ0n) is 10.5. The topological polar surface area (TPSA) is 21.3 Å². The minimum atomic E-state index is -4.75. The molecule has 2 rings (SSSR count). The first-order chi connectivity index (χ1) is 9.85. The van der Waals surface area contributed by atoms with Gasteiger partial charge >= 0.3 is 6.36 Å². The van der Waals surface area contributed by atoms with Crippen molar-refractivity contribution in [2.75, 3.05) is 5.32 Å². The molecule has 0 aromatic heterocycles. The Morgan fingerprint density at radius 1 is 0.952 bits per heavy atom. The number of rotatable bonds is 4. The van der Waals surface area contributed by atoms with Gasteiger partial charge in [0.05, 0.1) is 0 Å². The van der Waals surface area contributed by atoms with Crippen LogP contribution in [0.3, 0.4) is 0 Å². The van der Waals surface area contributed by atoms with Crippen molar-refractivity contribution in [3.05, 3.63) is 59.7 Å².